The van der Waals surface area contributed by atoms with Gasteiger partial charge >= 0.3 is 0 Å². The van der Waals surface area contributed by atoms with Gasteiger partial charge in [0, 0.05) is 6.54 Å². The van der Waals surface area contributed by atoms with Gasteiger partial charge in [-0.25, -0.2) is 4.39 Å². The molecule has 1 heterocycles. The Morgan fingerprint density at radius 2 is 1.83 bits per heavy atom. The minimum atomic E-state index is -0.330. The van der Waals surface area contributed by atoms with Gasteiger partial charge in [0.25, 0.3) is 5.91 Å². The van der Waals surface area contributed by atoms with E-state index in [9.17, 15) is 9.18 Å². The number of benzene rings is 2. The third kappa shape index (κ3) is 3.60. The van der Waals surface area contributed by atoms with E-state index in [4.69, 9.17) is 0 Å². The van der Waals surface area contributed by atoms with Gasteiger partial charge in [-0.3, -0.25) is 4.79 Å². The SMILES string of the molecule is O=C(NCCc1ccccc1F)c1cnn(-c2ccccc2)n1. The molecule has 3 aromatic rings. The average Bonchev–Trinajstić information content (AvgIpc) is 3.07. The number of amides is 1. The summed E-state index contributed by atoms with van der Waals surface area (Å²) >= 11 is 0. The van der Waals surface area contributed by atoms with E-state index in [1.807, 2.05) is 30.3 Å². The Kier molecular flexibility index (Phi) is 4.42. The van der Waals surface area contributed by atoms with Crippen molar-refractivity contribution in [3.63, 3.8) is 0 Å². The maximum Gasteiger partial charge on any atom is 0.273 e. The van der Waals surface area contributed by atoms with Crippen LogP contribution >= 0.6 is 0 Å². The fraction of sp³-hybridized carbons (Fsp3) is 0.118. The van der Waals surface area contributed by atoms with Gasteiger partial charge in [-0.2, -0.15) is 9.90 Å². The lowest BCUT2D eigenvalue weighted by Gasteiger charge is -2.04. The molecule has 5 nitrogen and oxygen atoms in total. The Morgan fingerprint density at radius 3 is 2.61 bits per heavy atom. The Morgan fingerprint density at radius 1 is 1.09 bits per heavy atom. The lowest BCUT2D eigenvalue weighted by molar-refractivity contribution is 0.0948. The summed E-state index contributed by atoms with van der Waals surface area (Å²) in [4.78, 5) is 13.4. The van der Waals surface area contributed by atoms with Crippen molar-refractivity contribution in [1.82, 2.24) is 20.3 Å². The van der Waals surface area contributed by atoms with Crippen LogP contribution in [-0.4, -0.2) is 27.4 Å². The number of aromatic nitrogens is 3. The van der Waals surface area contributed by atoms with Crippen LogP contribution in [0.4, 0.5) is 4.39 Å². The van der Waals surface area contributed by atoms with Crippen molar-refractivity contribution in [3.05, 3.63) is 77.9 Å². The summed E-state index contributed by atoms with van der Waals surface area (Å²) in [7, 11) is 0. The summed E-state index contributed by atoms with van der Waals surface area (Å²) in [6, 6.07) is 15.8. The molecule has 116 valence electrons. The van der Waals surface area contributed by atoms with Gasteiger partial charge in [0.15, 0.2) is 5.69 Å². The molecule has 0 saturated heterocycles. The van der Waals surface area contributed by atoms with Crippen LogP contribution in [0.15, 0.2) is 60.8 Å². The molecule has 0 atom stereocenters. The van der Waals surface area contributed by atoms with Crippen molar-refractivity contribution in [1.29, 1.82) is 0 Å². The van der Waals surface area contributed by atoms with Crippen LogP contribution in [-0.2, 0) is 6.42 Å². The Hall–Kier alpha value is -3.02. The molecule has 6 heteroatoms. The average molecular weight is 310 g/mol. The summed E-state index contributed by atoms with van der Waals surface area (Å²) < 4.78 is 13.5. The minimum absolute atomic E-state index is 0.224. The molecule has 0 spiro atoms. The highest BCUT2D eigenvalue weighted by Crippen LogP contribution is 2.07. The van der Waals surface area contributed by atoms with E-state index in [0.29, 0.717) is 18.5 Å². The Labute approximate surface area is 132 Å². The minimum Gasteiger partial charge on any atom is -0.350 e. The zero-order valence-corrected chi connectivity index (χ0v) is 12.3. The molecule has 0 saturated carbocycles. The molecular formula is C17H15FN4O. The number of carbonyl (C=O) groups excluding carboxylic acids is 1. The van der Waals surface area contributed by atoms with Crippen molar-refractivity contribution in [2.75, 3.05) is 6.54 Å². The predicted molar refractivity (Wildman–Crippen MR) is 83.8 cm³/mol. The first-order valence-corrected chi connectivity index (χ1v) is 7.23. The molecule has 2 aromatic carbocycles. The normalized spacial score (nSPS) is 10.5. The van der Waals surface area contributed by atoms with Crippen LogP contribution in [0.2, 0.25) is 0 Å². The highest BCUT2D eigenvalue weighted by atomic mass is 19.1. The summed E-state index contributed by atoms with van der Waals surface area (Å²) in [5.74, 6) is -0.597. The second-order valence-electron chi connectivity index (χ2n) is 4.95. The van der Waals surface area contributed by atoms with E-state index in [0.717, 1.165) is 5.69 Å². The number of para-hydroxylation sites is 1. The Balaban J connectivity index is 1.59. The maximum atomic E-state index is 13.5. The first-order valence-electron chi connectivity index (χ1n) is 7.23. The molecule has 0 unspecified atom stereocenters. The van der Waals surface area contributed by atoms with Crippen LogP contribution in [0.1, 0.15) is 16.1 Å². The first-order chi connectivity index (χ1) is 11.2. The topological polar surface area (TPSA) is 59.8 Å². The second-order valence-corrected chi connectivity index (χ2v) is 4.95. The lowest BCUT2D eigenvalue weighted by Crippen LogP contribution is -2.26. The van der Waals surface area contributed by atoms with Crippen molar-refractivity contribution in [2.24, 2.45) is 0 Å². The van der Waals surface area contributed by atoms with E-state index in [1.54, 1.807) is 18.2 Å². The van der Waals surface area contributed by atoms with E-state index in [1.165, 1.54) is 17.1 Å². The molecule has 3 rings (SSSR count). The maximum absolute atomic E-state index is 13.5. The molecule has 0 bridgehead atoms. The predicted octanol–water partition coefficient (Wildman–Crippen LogP) is 2.38. The van der Waals surface area contributed by atoms with E-state index in [2.05, 4.69) is 15.5 Å². The van der Waals surface area contributed by atoms with Crippen molar-refractivity contribution in [2.45, 2.75) is 6.42 Å². The molecule has 0 fully saturated rings. The smallest absolute Gasteiger partial charge is 0.273 e. The largest absolute Gasteiger partial charge is 0.350 e. The molecule has 1 N–H and O–H groups in total. The van der Waals surface area contributed by atoms with Crippen LogP contribution in [0.25, 0.3) is 5.69 Å². The van der Waals surface area contributed by atoms with Crippen molar-refractivity contribution < 1.29 is 9.18 Å². The number of rotatable bonds is 5. The quantitative estimate of drug-likeness (QED) is 0.787. The summed E-state index contributed by atoms with van der Waals surface area (Å²) in [6.45, 7) is 0.331. The van der Waals surface area contributed by atoms with Gasteiger partial charge in [0.1, 0.15) is 5.82 Å². The number of nitrogens with zero attached hydrogens (tertiary/aromatic N) is 3. The molecular weight excluding hydrogens is 295 g/mol. The van der Waals surface area contributed by atoms with Crippen molar-refractivity contribution >= 4 is 5.91 Å². The summed E-state index contributed by atoms with van der Waals surface area (Å²) in [6.07, 6.45) is 1.83. The second kappa shape index (κ2) is 6.83. The third-order valence-corrected chi connectivity index (χ3v) is 3.35. The summed E-state index contributed by atoms with van der Waals surface area (Å²) in [5.41, 5.74) is 1.57. The van der Waals surface area contributed by atoms with Crippen molar-refractivity contribution in [3.8, 4) is 5.69 Å². The fourth-order valence-corrected chi connectivity index (χ4v) is 2.16. The number of halogens is 1. The molecule has 1 aromatic heterocycles. The molecule has 23 heavy (non-hydrogen) atoms. The van der Waals surface area contributed by atoms with Gasteiger partial charge in [-0.05, 0) is 30.2 Å². The number of carbonyl (C=O) groups is 1. The first kappa shape index (κ1) is 14.9. The monoisotopic (exact) mass is 310 g/mol. The number of hydrogen-bond acceptors (Lipinski definition) is 3. The Bertz CT molecular complexity index is 801. The molecule has 0 aliphatic rings. The van der Waals surface area contributed by atoms with Crippen LogP contribution in [0.5, 0.6) is 0 Å². The van der Waals surface area contributed by atoms with E-state index in [-0.39, 0.29) is 17.4 Å². The third-order valence-electron chi connectivity index (χ3n) is 3.35. The zero-order chi connectivity index (χ0) is 16.1. The van der Waals surface area contributed by atoms with Gasteiger partial charge in [-0.15, -0.1) is 5.10 Å². The molecule has 0 aliphatic carbocycles. The molecule has 0 radical (unpaired) electrons. The van der Waals surface area contributed by atoms with Gasteiger partial charge in [0.2, 0.25) is 0 Å². The standard InChI is InChI=1S/C17H15FN4O/c18-15-9-5-4-6-13(15)10-11-19-17(23)16-12-20-22(21-16)14-7-2-1-3-8-14/h1-9,12H,10-11H2,(H,19,23). The summed E-state index contributed by atoms with van der Waals surface area (Å²) in [5, 5.41) is 10.9. The van der Waals surface area contributed by atoms with Crippen LogP contribution in [0, 0.1) is 5.82 Å². The van der Waals surface area contributed by atoms with E-state index >= 15 is 0 Å². The van der Waals surface area contributed by atoms with Gasteiger partial charge < -0.3 is 5.32 Å². The van der Waals surface area contributed by atoms with Gasteiger partial charge in [-0.1, -0.05) is 36.4 Å². The highest BCUT2D eigenvalue weighted by Gasteiger charge is 2.11. The molecule has 0 aliphatic heterocycles. The zero-order valence-electron chi connectivity index (χ0n) is 12.3. The molecule has 1 amide bonds. The van der Waals surface area contributed by atoms with Crippen LogP contribution < -0.4 is 5.32 Å². The van der Waals surface area contributed by atoms with Crippen LogP contribution in [0.3, 0.4) is 0 Å². The van der Waals surface area contributed by atoms with Gasteiger partial charge in [0.05, 0.1) is 11.9 Å². The number of nitrogens with one attached hydrogen (secondary N) is 1. The fourth-order valence-electron chi connectivity index (χ4n) is 2.16. The highest BCUT2D eigenvalue weighted by molar-refractivity contribution is 5.91. The lowest BCUT2D eigenvalue weighted by atomic mass is 10.1. The number of hydrogen-bond donors (Lipinski definition) is 1. The van der Waals surface area contributed by atoms with E-state index < -0.39 is 0 Å².